The highest BCUT2D eigenvalue weighted by Crippen LogP contribution is 2.29. The van der Waals surface area contributed by atoms with Gasteiger partial charge < -0.3 is 15.1 Å². The number of urea groups is 1. The van der Waals surface area contributed by atoms with Crippen molar-refractivity contribution >= 4 is 29.4 Å². The largest absolute Gasteiger partial charge is 0.335 e. The molecule has 0 bridgehead atoms. The number of carbonyl (C=O) groups excluding carboxylic acids is 2. The number of alkyl halides is 2. The molecule has 0 saturated carbocycles. The lowest BCUT2D eigenvalue weighted by Gasteiger charge is -2.35. The normalized spacial score (nSPS) is 14.3. The lowest BCUT2D eigenvalue weighted by Crippen LogP contribution is -2.51. The number of nitrogens with zero attached hydrogens (tertiary/aromatic N) is 2. The maximum atomic E-state index is 12.7. The van der Waals surface area contributed by atoms with Crippen molar-refractivity contribution in [1.82, 2.24) is 9.80 Å². The molecule has 0 radical (unpaired) electrons. The minimum atomic E-state index is -2.59. The summed E-state index contributed by atoms with van der Waals surface area (Å²) in [6.45, 7) is 1.48. The third-order valence-electron chi connectivity index (χ3n) is 4.21. The number of nitrogens with one attached hydrogen (secondary N) is 1. The van der Waals surface area contributed by atoms with Crippen LogP contribution in [0.25, 0.3) is 0 Å². The Morgan fingerprint density at radius 1 is 0.889 bits per heavy atom. The molecule has 0 atom stereocenters. The van der Waals surface area contributed by atoms with Crippen LogP contribution in [0.2, 0.25) is 0 Å². The van der Waals surface area contributed by atoms with Gasteiger partial charge in [0.1, 0.15) is 0 Å². The van der Waals surface area contributed by atoms with Crippen molar-refractivity contribution in [2.24, 2.45) is 0 Å². The summed E-state index contributed by atoms with van der Waals surface area (Å²) in [4.78, 5) is 28.5. The zero-order valence-electron chi connectivity index (χ0n) is 14.5. The Balaban J connectivity index is 1.59. The molecule has 0 unspecified atom stereocenters. The number of hydrogen-bond acceptors (Lipinski definition) is 3. The zero-order chi connectivity index (χ0) is 19.2. The van der Waals surface area contributed by atoms with Gasteiger partial charge in [-0.15, -0.1) is 0 Å². The zero-order valence-corrected chi connectivity index (χ0v) is 15.3. The van der Waals surface area contributed by atoms with Crippen molar-refractivity contribution in [1.29, 1.82) is 0 Å². The number of hydrogen-bond donors (Lipinski definition) is 1. The molecule has 0 aliphatic carbocycles. The molecule has 1 heterocycles. The van der Waals surface area contributed by atoms with Crippen molar-refractivity contribution in [3.8, 4) is 0 Å². The van der Waals surface area contributed by atoms with Crippen molar-refractivity contribution in [3.63, 3.8) is 0 Å². The Kier molecular flexibility index (Phi) is 6.28. The summed E-state index contributed by atoms with van der Waals surface area (Å²) in [6, 6.07) is 15.3. The molecule has 5 nitrogen and oxygen atoms in total. The summed E-state index contributed by atoms with van der Waals surface area (Å²) >= 11 is 0.369. The standard InChI is InChI=1S/C19H19F2N3O2S/c20-18(21)27-16-9-5-4-8-15(16)17(25)23-10-12-24(13-11-23)19(26)22-14-6-2-1-3-7-14/h1-9,18H,10-13H2,(H,22,26). The Morgan fingerprint density at radius 2 is 1.48 bits per heavy atom. The molecule has 1 saturated heterocycles. The van der Waals surface area contributed by atoms with Gasteiger partial charge in [-0.3, -0.25) is 4.79 Å². The summed E-state index contributed by atoms with van der Waals surface area (Å²) in [5.74, 6) is -2.88. The smallest absolute Gasteiger partial charge is 0.321 e. The van der Waals surface area contributed by atoms with Crippen LogP contribution in [0.15, 0.2) is 59.5 Å². The second-order valence-electron chi connectivity index (χ2n) is 5.95. The average molecular weight is 391 g/mol. The number of rotatable bonds is 4. The number of thioether (sulfide) groups is 1. The summed E-state index contributed by atoms with van der Waals surface area (Å²) in [6.07, 6.45) is 0. The number of amides is 3. The van der Waals surface area contributed by atoms with E-state index in [4.69, 9.17) is 0 Å². The van der Waals surface area contributed by atoms with E-state index < -0.39 is 5.76 Å². The number of halogens is 2. The molecule has 0 spiro atoms. The van der Waals surface area contributed by atoms with E-state index in [1.165, 1.54) is 6.07 Å². The van der Waals surface area contributed by atoms with E-state index in [0.29, 0.717) is 43.6 Å². The molecule has 1 N–H and O–H groups in total. The predicted octanol–water partition coefficient (Wildman–Crippen LogP) is 3.99. The second-order valence-corrected chi connectivity index (χ2v) is 6.98. The lowest BCUT2D eigenvalue weighted by atomic mass is 10.2. The summed E-state index contributed by atoms with van der Waals surface area (Å²) in [7, 11) is 0. The average Bonchev–Trinajstić information content (AvgIpc) is 2.68. The molecule has 2 aromatic rings. The summed E-state index contributed by atoms with van der Waals surface area (Å²) < 4.78 is 25.4. The van der Waals surface area contributed by atoms with E-state index in [2.05, 4.69) is 5.32 Å². The first-order valence-electron chi connectivity index (χ1n) is 8.48. The van der Waals surface area contributed by atoms with Gasteiger partial charge in [-0.25, -0.2) is 4.79 Å². The van der Waals surface area contributed by atoms with E-state index in [1.807, 2.05) is 18.2 Å². The van der Waals surface area contributed by atoms with E-state index in [9.17, 15) is 18.4 Å². The number of piperazine rings is 1. The van der Waals surface area contributed by atoms with Crippen LogP contribution < -0.4 is 5.32 Å². The van der Waals surface area contributed by atoms with Crippen LogP contribution in [-0.4, -0.2) is 53.7 Å². The summed E-state index contributed by atoms with van der Waals surface area (Å²) in [5, 5.41) is 2.81. The SMILES string of the molecule is O=C(Nc1ccccc1)N1CCN(C(=O)c2ccccc2SC(F)F)CC1. The molecular weight excluding hydrogens is 372 g/mol. The van der Waals surface area contributed by atoms with Gasteiger partial charge in [0.2, 0.25) is 0 Å². The molecular formula is C19H19F2N3O2S. The van der Waals surface area contributed by atoms with E-state index in [1.54, 1.807) is 40.1 Å². The minimum Gasteiger partial charge on any atom is -0.335 e. The molecule has 1 aliphatic heterocycles. The number of benzene rings is 2. The number of carbonyl (C=O) groups is 2. The van der Waals surface area contributed by atoms with Gasteiger partial charge in [0.15, 0.2) is 0 Å². The van der Waals surface area contributed by atoms with Crippen LogP contribution in [0.5, 0.6) is 0 Å². The first kappa shape index (κ1) is 19.2. The maximum absolute atomic E-state index is 12.7. The van der Waals surface area contributed by atoms with Crippen molar-refractivity contribution in [2.45, 2.75) is 10.7 Å². The third kappa shape index (κ3) is 4.97. The van der Waals surface area contributed by atoms with Gasteiger partial charge in [0.05, 0.1) is 5.56 Å². The van der Waals surface area contributed by atoms with Crippen LogP contribution in [0.1, 0.15) is 10.4 Å². The highest BCUT2D eigenvalue weighted by molar-refractivity contribution is 7.99. The first-order chi connectivity index (χ1) is 13.0. The Labute approximate surface area is 160 Å². The van der Waals surface area contributed by atoms with Gasteiger partial charge in [-0.2, -0.15) is 8.78 Å². The van der Waals surface area contributed by atoms with Crippen LogP contribution in [0, 0.1) is 0 Å². The van der Waals surface area contributed by atoms with E-state index >= 15 is 0 Å². The second kappa shape index (κ2) is 8.85. The van der Waals surface area contributed by atoms with E-state index in [-0.39, 0.29) is 22.4 Å². The van der Waals surface area contributed by atoms with Crippen molar-refractivity contribution in [2.75, 3.05) is 31.5 Å². The van der Waals surface area contributed by atoms with E-state index in [0.717, 1.165) is 0 Å². The molecule has 1 aliphatic rings. The quantitative estimate of drug-likeness (QED) is 0.802. The van der Waals surface area contributed by atoms with Gasteiger partial charge in [-0.1, -0.05) is 42.1 Å². The molecule has 142 valence electrons. The monoisotopic (exact) mass is 391 g/mol. The van der Waals surface area contributed by atoms with Gasteiger partial charge in [0.25, 0.3) is 11.7 Å². The number of anilines is 1. The Morgan fingerprint density at radius 3 is 2.15 bits per heavy atom. The maximum Gasteiger partial charge on any atom is 0.321 e. The highest BCUT2D eigenvalue weighted by Gasteiger charge is 2.26. The topological polar surface area (TPSA) is 52.7 Å². The van der Waals surface area contributed by atoms with Crippen molar-refractivity contribution in [3.05, 3.63) is 60.2 Å². The van der Waals surface area contributed by atoms with Crippen LogP contribution in [0.3, 0.4) is 0 Å². The molecule has 2 aromatic carbocycles. The highest BCUT2D eigenvalue weighted by atomic mass is 32.2. The lowest BCUT2D eigenvalue weighted by molar-refractivity contribution is 0.0668. The molecule has 0 aromatic heterocycles. The van der Waals surface area contributed by atoms with Gasteiger partial charge in [-0.05, 0) is 24.3 Å². The van der Waals surface area contributed by atoms with Crippen LogP contribution in [-0.2, 0) is 0 Å². The summed E-state index contributed by atoms with van der Waals surface area (Å²) in [5.41, 5.74) is 0.976. The fourth-order valence-electron chi connectivity index (χ4n) is 2.85. The molecule has 27 heavy (non-hydrogen) atoms. The Bertz CT molecular complexity index is 797. The molecule has 8 heteroatoms. The molecule has 1 fully saturated rings. The van der Waals surface area contributed by atoms with Crippen LogP contribution >= 0.6 is 11.8 Å². The van der Waals surface area contributed by atoms with Crippen LogP contribution in [0.4, 0.5) is 19.3 Å². The Hall–Kier alpha value is -2.61. The predicted molar refractivity (Wildman–Crippen MR) is 101 cm³/mol. The fourth-order valence-corrected chi connectivity index (χ4v) is 3.48. The third-order valence-corrected chi connectivity index (χ3v) is 5.00. The van der Waals surface area contributed by atoms with Gasteiger partial charge in [0, 0.05) is 36.8 Å². The minimum absolute atomic E-state index is 0.220. The molecule has 3 rings (SSSR count). The van der Waals surface area contributed by atoms with Crippen molar-refractivity contribution < 1.29 is 18.4 Å². The number of para-hydroxylation sites is 1. The first-order valence-corrected chi connectivity index (χ1v) is 9.36. The van der Waals surface area contributed by atoms with Gasteiger partial charge >= 0.3 is 6.03 Å². The fraction of sp³-hybridized carbons (Fsp3) is 0.263. The molecule has 3 amide bonds.